The molecule has 5 heteroatoms. The summed E-state index contributed by atoms with van der Waals surface area (Å²) in [5.74, 6) is -1.08. The minimum Gasteiger partial charge on any atom is -0.507 e. The van der Waals surface area contributed by atoms with Crippen LogP contribution in [0.4, 0.5) is 4.39 Å². The zero-order valence-corrected chi connectivity index (χ0v) is 11.5. The second kappa shape index (κ2) is 5.92. The molecule has 1 unspecified atom stereocenters. The van der Waals surface area contributed by atoms with Gasteiger partial charge in [0, 0.05) is 10.6 Å². The fourth-order valence-electron chi connectivity index (χ4n) is 1.87. The number of hydrogen-bond acceptors (Lipinski definition) is 2. The normalized spacial score (nSPS) is 11.9. The molecule has 1 amide bonds. The fraction of sp³-hybridized carbons (Fsp3) is 0.133. The Morgan fingerprint density at radius 1 is 1.30 bits per heavy atom. The number of amides is 1. The predicted molar refractivity (Wildman–Crippen MR) is 75.4 cm³/mol. The first-order chi connectivity index (χ1) is 9.49. The van der Waals surface area contributed by atoms with Crippen LogP contribution in [0, 0.1) is 5.82 Å². The molecule has 104 valence electrons. The van der Waals surface area contributed by atoms with Crippen molar-refractivity contribution >= 4 is 17.5 Å². The second-order valence-corrected chi connectivity index (χ2v) is 4.81. The van der Waals surface area contributed by atoms with Crippen molar-refractivity contribution < 1.29 is 14.3 Å². The molecule has 0 aliphatic carbocycles. The summed E-state index contributed by atoms with van der Waals surface area (Å²) in [7, 11) is 0. The number of carbonyl (C=O) groups excluding carboxylic acids is 1. The lowest BCUT2D eigenvalue weighted by Crippen LogP contribution is -2.27. The first kappa shape index (κ1) is 14.3. The quantitative estimate of drug-likeness (QED) is 0.907. The molecule has 3 nitrogen and oxygen atoms in total. The van der Waals surface area contributed by atoms with Crippen LogP contribution in [0.3, 0.4) is 0 Å². The molecule has 0 radical (unpaired) electrons. The lowest BCUT2D eigenvalue weighted by atomic mass is 10.1. The van der Waals surface area contributed by atoms with Gasteiger partial charge >= 0.3 is 0 Å². The number of aromatic hydroxyl groups is 1. The number of nitrogens with one attached hydrogen (secondary N) is 1. The molecule has 0 saturated heterocycles. The van der Waals surface area contributed by atoms with Crippen LogP contribution in [-0.4, -0.2) is 11.0 Å². The molecule has 0 bridgehead atoms. The maximum atomic E-state index is 13.6. The van der Waals surface area contributed by atoms with Crippen molar-refractivity contribution in [1.29, 1.82) is 0 Å². The van der Waals surface area contributed by atoms with Crippen LogP contribution >= 0.6 is 11.6 Å². The Bertz CT molecular complexity index is 646. The number of hydrogen-bond donors (Lipinski definition) is 2. The summed E-state index contributed by atoms with van der Waals surface area (Å²) in [5.41, 5.74) is 0.433. The highest BCUT2D eigenvalue weighted by molar-refractivity contribution is 6.31. The van der Waals surface area contributed by atoms with Gasteiger partial charge in [0.1, 0.15) is 11.6 Å². The van der Waals surface area contributed by atoms with Crippen LogP contribution in [0.1, 0.15) is 28.9 Å². The molecular formula is C15H13ClFNO2. The van der Waals surface area contributed by atoms with E-state index in [-0.39, 0.29) is 11.3 Å². The molecule has 1 atom stereocenters. The Labute approximate surface area is 121 Å². The molecule has 20 heavy (non-hydrogen) atoms. The average molecular weight is 294 g/mol. The van der Waals surface area contributed by atoms with E-state index in [1.54, 1.807) is 25.1 Å². The molecule has 0 aromatic heterocycles. The Balaban J connectivity index is 2.20. The topological polar surface area (TPSA) is 49.3 Å². The van der Waals surface area contributed by atoms with Crippen molar-refractivity contribution in [2.24, 2.45) is 0 Å². The monoisotopic (exact) mass is 293 g/mol. The third kappa shape index (κ3) is 3.08. The summed E-state index contributed by atoms with van der Waals surface area (Å²) in [6.45, 7) is 1.66. The van der Waals surface area contributed by atoms with Gasteiger partial charge in [-0.25, -0.2) is 4.39 Å². The minimum atomic E-state index is -0.526. The van der Waals surface area contributed by atoms with Gasteiger partial charge in [-0.15, -0.1) is 0 Å². The van der Waals surface area contributed by atoms with Crippen molar-refractivity contribution in [2.45, 2.75) is 13.0 Å². The molecule has 0 saturated carbocycles. The highest BCUT2D eigenvalue weighted by Crippen LogP contribution is 2.23. The highest BCUT2D eigenvalue weighted by atomic mass is 35.5. The molecule has 2 rings (SSSR count). The van der Waals surface area contributed by atoms with Crippen molar-refractivity contribution in [3.8, 4) is 5.75 Å². The molecule has 0 spiro atoms. The van der Waals surface area contributed by atoms with Gasteiger partial charge < -0.3 is 10.4 Å². The van der Waals surface area contributed by atoms with Crippen LogP contribution in [0.25, 0.3) is 0 Å². The average Bonchev–Trinajstić information content (AvgIpc) is 2.41. The van der Waals surface area contributed by atoms with Gasteiger partial charge in [0.15, 0.2) is 0 Å². The Morgan fingerprint density at radius 3 is 2.70 bits per heavy atom. The van der Waals surface area contributed by atoms with Crippen molar-refractivity contribution in [2.75, 3.05) is 0 Å². The smallest absolute Gasteiger partial charge is 0.255 e. The fourth-order valence-corrected chi connectivity index (χ4v) is 2.04. The molecule has 2 aromatic carbocycles. The third-order valence-electron chi connectivity index (χ3n) is 2.92. The number of halogens is 2. The SMILES string of the molecule is CC(NC(=O)c1cc(Cl)ccc1O)c1ccccc1F. The second-order valence-electron chi connectivity index (χ2n) is 4.38. The van der Waals surface area contributed by atoms with Gasteiger partial charge in [0.2, 0.25) is 0 Å². The van der Waals surface area contributed by atoms with E-state index in [2.05, 4.69) is 5.32 Å². The number of rotatable bonds is 3. The first-order valence-corrected chi connectivity index (χ1v) is 6.40. The summed E-state index contributed by atoms with van der Waals surface area (Å²) in [5, 5.41) is 12.6. The van der Waals surface area contributed by atoms with Gasteiger partial charge in [-0.05, 0) is 31.2 Å². The van der Waals surface area contributed by atoms with E-state index in [9.17, 15) is 14.3 Å². The van der Waals surface area contributed by atoms with Crippen LogP contribution in [0.2, 0.25) is 5.02 Å². The standard InChI is InChI=1S/C15H13ClFNO2/c1-9(11-4-2-3-5-13(11)17)18-15(20)12-8-10(16)6-7-14(12)19/h2-9,19H,1H3,(H,18,20). The van der Waals surface area contributed by atoms with Gasteiger partial charge in [-0.2, -0.15) is 0 Å². The molecular weight excluding hydrogens is 281 g/mol. The van der Waals surface area contributed by atoms with E-state index in [4.69, 9.17) is 11.6 Å². The minimum absolute atomic E-state index is 0.0562. The van der Waals surface area contributed by atoms with Crippen LogP contribution in [0.15, 0.2) is 42.5 Å². The zero-order chi connectivity index (χ0) is 14.7. The summed E-state index contributed by atoms with van der Waals surface area (Å²) in [6, 6.07) is 9.85. The molecule has 0 aliphatic heterocycles. The van der Waals surface area contributed by atoms with Gasteiger partial charge in [-0.1, -0.05) is 29.8 Å². The molecule has 0 aliphatic rings. The van der Waals surface area contributed by atoms with Crippen molar-refractivity contribution in [3.05, 3.63) is 64.4 Å². The molecule has 0 heterocycles. The van der Waals surface area contributed by atoms with E-state index in [1.807, 2.05) is 0 Å². The van der Waals surface area contributed by atoms with Crippen LogP contribution in [0.5, 0.6) is 5.75 Å². The third-order valence-corrected chi connectivity index (χ3v) is 3.16. The maximum absolute atomic E-state index is 13.6. The molecule has 0 fully saturated rings. The van der Waals surface area contributed by atoms with E-state index in [0.717, 1.165) is 0 Å². The van der Waals surface area contributed by atoms with Crippen molar-refractivity contribution in [1.82, 2.24) is 5.32 Å². The number of carbonyl (C=O) groups is 1. The molecule has 2 aromatic rings. The van der Waals surface area contributed by atoms with E-state index in [0.29, 0.717) is 10.6 Å². The Morgan fingerprint density at radius 2 is 2.00 bits per heavy atom. The summed E-state index contributed by atoms with van der Waals surface area (Å²) >= 11 is 5.79. The predicted octanol–water partition coefficient (Wildman–Crippen LogP) is 3.68. The number of phenolic OH excluding ortho intramolecular Hbond substituents is 1. The van der Waals surface area contributed by atoms with E-state index < -0.39 is 17.8 Å². The van der Waals surface area contributed by atoms with Gasteiger partial charge in [0.25, 0.3) is 5.91 Å². The lowest BCUT2D eigenvalue weighted by Gasteiger charge is -2.15. The lowest BCUT2D eigenvalue weighted by molar-refractivity contribution is 0.0936. The summed E-state index contributed by atoms with van der Waals surface area (Å²) in [4.78, 5) is 12.1. The molecule has 2 N–H and O–H groups in total. The van der Waals surface area contributed by atoms with Crippen molar-refractivity contribution in [3.63, 3.8) is 0 Å². The number of phenols is 1. The van der Waals surface area contributed by atoms with E-state index in [1.165, 1.54) is 24.3 Å². The summed E-state index contributed by atoms with van der Waals surface area (Å²) in [6.07, 6.45) is 0. The number of benzene rings is 2. The van der Waals surface area contributed by atoms with Crippen LogP contribution in [-0.2, 0) is 0 Å². The largest absolute Gasteiger partial charge is 0.507 e. The Hall–Kier alpha value is -2.07. The maximum Gasteiger partial charge on any atom is 0.255 e. The van der Waals surface area contributed by atoms with E-state index >= 15 is 0 Å². The van der Waals surface area contributed by atoms with Gasteiger partial charge in [0.05, 0.1) is 11.6 Å². The summed E-state index contributed by atoms with van der Waals surface area (Å²) < 4.78 is 13.6. The zero-order valence-electron chi connectivity index (χ0n) is 10.7. The first-order valence-electron chi connectivity index (χ1n) is 6.03. The Kier molecular flexibility index (Phi) is 4.25. The highest BCUT2D eigenvalue weighted by Gasteiger charge is 2.17. The van der Waals surface area contributed by atoms with Gasteiger partial charge in [-0.3, -0.25) is 4.79 Å². The van der Waals surface area contributed by atoms with Crippen LogP contribution < -0.4 is 5.32 Å².